The van der Waals surface area contributed by atoms with Crippen LogP contribution in [0.5, 0.6) is 5.88 Å². The molecule has 15 heavy (non-hydrogen) atoms. The molecule has 0 saturated carbocycles. The van der Waals surface area contributed by atoms with Crippen LogP contribution in [0, 0.1) is 0 Å². The number of hydrogen-bond acceptors (Lipinski definition) is 4. The second-order valence-electron chi connectivity index (χ2n) is 3.14. The summed E-state index contributed by atoms with van der Waals surface area (Å²) in [5.41, 5.74) is 6.42. The number of nitrogens with zero attached hydrogens (tertiary/aromatic N) is 3. The monoisotopic (exact) mass is 204 g/mol. The number of ether oxygens (including phenoxy) is 1. The van der Waals surface area contributed by atoms with Crippen LogP contribution in [0.25, 0.3) is 0 Å². The van der Waals surface area contributed by atoms with E-state index in [9.17, 15) is 0 Å². The second kappa shape index (κ2) is 4.00. The van der Waals surface area contributed by atoms with Gasteiger partial charge in [0.25, 0.3) is 0 Å². The Morgan fingerprint density at radius 2 is 2.33 bits per heavy atom. The Hall–Kier alpha value is -2.04. The van der Waals surface area contributed by atoms with Crippen LogP contribution in [0.1, 0.15) is 5.69 Å². The molecule has 0 saturated heterocycles. The van der Waals surface area contributed by atoms with Gasteiger partial charge < -0.3 is 15.0 Å². The quantitative estimate of drug-likeness (QED) is 0.807. The van der Waals surface area contributed by atoms with Gasteiger partial charge in [-0.3, -0.25) is 0 Å². The number of nitrogen functional groups attached to an aromatic ring is 1. The van der Waals surface area contributed by atoms with Gasteiger partial charge in [-0.2, -0.15) is 0 Å². The molecule has 2 aromatic heterocycles. The summed E-state index contributed by atoms with van der Waals surface area (Å²) in [6.45, 7) is 0.640. The van der Waals surface area contributed by atoms with Gasteiger partial charge in [0.05, 0.1) is 25.7 Å². The fourth-order valence-corrected chi connectivity index (χ4v) is 1.31. The molecular weight excluding hydrogens is 192 g/mol. The highest BCUT2D eigenvalue weighted by Crippen LogP contribution is 2.08. The molecule has 0 unspecified atom stereocenters. The van der Waals surface area contributed by atoms with Gasteiger partial charge in [-0.1, -0.05) is 6.07 Å². The molecule has 78 valence electrons. The summed E-state index contributed by atoms with van der Waals surface area (Å²) in [5.74, 6) is 1.12. The van der Waals surface area contributed by atoms with E-state index in [0.29, 0.717) is 18.2 Å². The van der Waals surface area contributed by atoms with Gasteiger partial charge in [0.2, 0.25) is 5.88 Å². The fourth-order valence-electron chi connectivity index (χ4n) is 1.31. The highest BCUT2D eigenvalue weighted by Gasteiger charge is 1.99. The van der Waals surface area contributed by atoms with E-state index < -0.39 is 0 Å². The highest BCUT2D eigenvalue weighted by atomic mass is 16.5. The van der Waals surface area contributed by atoms with Gasteiger partial charge in [-0.15, -0.1) is 0 Å². The van der Waals surface area contributed by atoms with E-state index in [1.807, 2.05) is 22.8 Å². The topological polar surface area (TPSA) is 66.0 Å². The first-order valence-electron chi connectivity index (χ1n) is 4.55. The predicted octanol–water partition coefficient (Wildman–Crippen LogP) is 0.917. The molecule has 0 aliphatic rings. The van der Waals surface area contributed by atoms with Gasteiger partial charge in [-0.05, 0) is 6.07 Å². The van der Waals surface area contributed by atoms with Crippen molar-refractivity contribution in [3.05, 3.63) is 36.4 Å². The Kier molecular flexibility index (Phi) is 2.53. The summed E-state index contributed by atoms with van der Waals surface area (Å²) in [5, 5.41) is 0. The first-order valence-corrected chi connectivity index (χ1v) is 4.55. The van der Waals surface area contributed by atoms with Crippen LogP contribution in [-0.4, -0.2) is 21.6 Å². The number of hydrogen-bond donors (Lipinski definition) is 1. The van der Waals surface area contributed by atoms with Crippen molar-refractivity contribution in [2.24, 2.45) is 0 Å². The molecule has 0 atom stereocenters. The zero-order valence-corrected chi connectivity index (χ0v) is 8.42. The zero-order chi connectivity index (χ0) is 10.7. The lowest BCUT2D eigenvalue weighted by molar-refractivity contribution is 0.396. The van der Waals surface area contributed by atoms with Crippen molar-refractivity contribution in [3.63, 3.8) is 0 Å². The molecule has 0 spiro atoms. The molecule has 0 aromatic carbocycles. The van der Waals surface area contributed by atoms with Crippen molar-refractivity contribution in [2.75, 3.05) is 12.8 Å². The van der Waals surface area contributed by atoms with Crippen LogP contribution in [0.2, 0.25) is 0 Å². The molecule has 2 aromatic rings. The van der Waals surface area contributed by atoms with Crippen LogP contribution in [-0.2, 0) is 6.54 Å². The Labute approximate surface area is 87.5 Å². The van der Waals surface area contributed by atoms with E-state index in [1.165, 1.54) is 0 Å². The molecule has 0 aliphatic carbocycles. The maximum atomic E-state index is 5.51. The Morgan fingerprint density at radius 3 is 3.00 bits per heavy atom. The number of methoxy groups -OCH3 is 1. The molecule has 0 amide bonds. The maximum absolute atomic E-state index is 5.51. The number of pyridine rings is 1. The summed E-state index contributed by atoms with van der Waals surface area (Å²) in [6, 6.07) is 5.64. The van der Waals surface area contributed by atoms with E-state index >= 15 is 0 Å². The number of imidazole rings is 1. The zero-order valence-electron chi connectivity index (χ0n) is 8.42. The van der Waals surface area contributed by atoms with E-state index in [-0.39, 0.29) is 0 Å². The van der Waals surface area contributed by atoms with Gasteiger partial charge >= 0.3 is 0 Å². The lowest BCUT2D eigenvalue weighted by Gasteiger charge is -2.03. The third-order valence-corrected chi connectivity index (χ3v) is 1.99. The summed E-state index contributed by atoms with van der Waals surface area (Å²) in [6.07, 6.45) is 3.44. The summed E-state index contributed by atoms with van der Waals surface area (Å²) in [4.78, 5) is 8.22. The van der Waals surface area contributed by atoms with E-state index in [4.69, 9.17) is 10.5 Å². The predicted molar refractivity (Wildman–Crippen MR) is 56.5 cm³/mol. The Morgan fingerprint density at radius 1 is 1.47 bits per heavy atom. The van der Waals surface area contributed by atoms with Crippen LogP contribution in [0.3, 0.4) is 0 Å². The summed E-state index contributed by atoms with van der Waals surface area (Å²) < 4.78 is 6.91. The maximum Gasteiger partial charge on any atom is 0.213 e. The SMILES string of the molecule is COc1cccc(Cn2cnc(N)c2)n1. The molecule has 5 heteroatoms. The van der Waals surface area contributed by atoms with Gasteiger partial charge in [0.1, 0.15) is 5.82 Å². The average Bonchev–Trinajstić information content (AvgIpc) is 2.64. The number of aromatic nitrogens is 3. The van der Waals surface area contributed by atoms with Crippen LogP contribution in [0.4, 0.5) is 5.82 Å². The van der Waals surface area contributed by atoms with Crippen LogP contribution >= 0.6 is 0 Å². The fraction of sp³-hybridized carbons (Fsp3) is 0.200. The Bertz CT molecular complexity index is 452. The highest BCUT2D eigenvalue weighted by molar-refractivity contribution is 5.23. The number of anilines is 1. The first kappa shape index (κ1) is 9.51. The van der Waals surface area contributed by atoms with Gasteiger partial charge in [0, 0.05) is 12.3 Å². The number of rotatable bonds is 3. The largest absolute Gasteiger partial charge is 0.481 e. The normalized spacial score (nSPS) is 10.2. The van der Waals surface area contributed by atoms with Crippen LogP contribution in [0.15, 0.2) is 30.7 Å². The molecule has 0 fully saturated rings. The minimum Gasteiger partial charge on any atom is -0.481 e. The van der Waals surface area contributed by atoms with Gasteiger partial charge in [-0.25, -0.2) is 9.97 Å². The van der Waals surface area contributed by atoms with Crippen molar-refractivity contribution in [2.45, 2.75) is 6.54 Å². The Balaban J connectivity index is 2.16. The standard InChI is InChI=1S/C10H12N4O/c1-15-10-4-2-3-8(13-10)5-14-6-9(11)12-7-14/h2-4,6-7H,5,11H2,1H3. The van der Waals surface area contributed by atoms with Gasteiger partial charge in [0.15, 0.2) is 0 Å². The smallest absolute Gasteiger partial charge is 0.213 e. The van der Waals surface area contributed by atoms with Crippen molar-refractivity contribution >= 4 is 5.82 Å². The van der Waals surface area contributed by atoms with E-state index in [2.05, 4.69) is 9.97 Å². The molecule has 5 nitrogen and oxygen atoms in total. The second-order valence-corrected chi connectivity index (χ2v) is 3.14. The third kappa shape index (κ3) is 2.25. The third-order valence-electron chi connectivity index (χ3n) is 1.99. The minimum absolute atomic E-state index is 0.512. The van der Waals surface area contributed by atoms with E-state index in [0.717, 1.165) is 5.69 Å². The molecule has 0 bridgehead atoms. The summed E-state index contributed by atoms with van der Waals surface area (Å²) >= 11 is 0. The van der Waals surface area contributed by atoms with Crippen LogP contribution < -0.4 is 10.5 Å². The molecule has 0 aliphatic heterocycles. The minimum atomic E-state index is 0.512. The lowest BCUT2D eigenvalue weighted by atomic mass is 10.3. The first-order chi connectivity index (χ1) is 7.28. The summed E-state index contributed by atoms with van der Waals surface area (Å²) in [7, 11) is 1.60. The molecule has 2 heterocycles. The van der Waals surface area contributed by atoms with Crippen molar-refractivity contribution in [3.8, 4) is 5.88 Å². The van der Waals surface area contributed by atoms with E-state index in [1.54, 1.807) is 19.6 Å². The van der Waals surface area contributed by atoms with Crippen molar-refractivity contribution in [1.82, 2.24) is 14.5 Å². The lowest BCUT2D eigenvalue weighted by Crippen LogP contribution is -2.00. The molecular formula is C10H12N4O. The average molecular weight is 204 g/mol. The molecule has 2 rings (SSSR count). The molecule has 0 radical (unpaired) electrons. The van der Waals surface area contributed by atoms with Crippen molar-refractivity contribution in [1.29, 1.82) is 0 Å². The molecule has 2 N–H and O–H groups in total. The van der Waals surface area contributed by atoms with Crippen molar-refractivity contribution < 1.29 is 4.74 Å². The number of nitrogens with two attached hydrogens (primary N) is 1.